The fourth-order valence-corrected chi connectivity index (χ4v) is 4.93. The normalized spacial score (nSPS) is 11.3. The van der Waals surface area contributed by atoms with Crippen molar-refractivity contribution in [2.24, 2.45) is 0 Å². The molecule has 5 aromatic rings. The summed E-state index contributed by atoms with van der Waals surface area (Å²) in [7, 11) is 3.36. The number of halogens is 1. The molecule has 4 aromatic carbocycles. The summed E-state index contributed by atoms with van der Waals surface area (Å²) in [6.07, 6.45) is 0. The van der Waals surface area contributed by atoms with Crippen LogP contribution in [0.4, 0.5) is 0 Å². The molecular formula is C25H19IN2O2. The van der Waals surface area contributed by atoms with E-state index < -0.39 is 0 Å². The largest absolute Gasteiger partial charge is 0.497 e. The van der Waals surface area contributed by atoms with E-state index in [2.05, 4.69) is 53.8 Å². The van der Waals surface area contributed by atoms with E-state index in [0.29, 0.717) is 0 Å². The highest BCUT2D eigenvalue weighted by Crippen LogP contribution is 2.45. The van der Waals surface area contributed by atoms with Crippen molar-refractivity contribution in [1.82, 2.24) is 9.97 Å². The van der Waals surface area contributed by atoms with Crippen LogP contribution in [0.15, 0.2) is 60.7 Å². The van der Waals surface area contributed by atoms with E-state index in [1.165, 1.54) is 5.56 Å². The molecule has 0 saturated heterocycles. The second-order valence-electron chi connectivity index (χ2n) is 7.17. The Kier molecular flexibility index (Phi) is 4.70. The first-order valence-electron chi connectivity index (χ1n) is 9.62. The van der Waals surface area contributed by atoms with E-state index in [1.54, 1.807) is 14.2 Å². The molecule has 0 aliphatic carbocycles. The standard InChI is InChI=1S/C25H19IN2O2/c1-14-8-4-5-9-16(14)22-21-17(12-15(29-2)13-20(21)30-3)24-25(23(22)26)28-19-11-7-6-10-18(19)27-24/h4-13H,1-3H3. The van der Waals surface area contributed by atoms with Gasteiger partial charge in [0.1, 0.15) is 17.0 Å². The van der Waals surface area contributed by atoms with Gasteiger partial charge in [-0.1, -0.05) is 36.4 Å². The summed E-state index contributed by atoms with van der Waals surface area (Å²) < 4.78 is 12.5. The lowest BCUT2D eigenvalue weighted by Crippen LogP contribution is -1.99. The molecule has 1 aromatic heterocycles. The third-order valence-corrected chi connectivity index (χ3v) is 6.50. The molecule has 5 rings (SSSR count). The fraction of sp³-hybridized carbons (Fsp3) is 0.120. The van der Waals surface area contributed by atoms with Gasteiger partial charge in [-0.3, -0.25) is 0 Å². The van der Waals surface area contributed by atoms with Crippen molar-refractivity contribution < 1.29 is 9.47 Å². The van der Waals surface area contributed by atoms with E-state index in [4.69, 9.17) is 19.4 Å². The van der Waals surface area contributed by atoms with Gasteiger partial charge >= 0.3 is 0 Å². The Bertz CT molecular complexity index is 1450. The molecule has 148 valence electrons. The minimum atomic E-state index is 0.729. The number of fused-ring (bicyclic) bond motifs is 4. The van der Waals surface area contributed by atoms with E-state index in [1.807, 2.05) is 36.4 Å². The molecule has 5 heteroatoms. The van der Waals surface area contributed by atoms with E-state index in [-0.39, 0.29) is 0 Å². The van der Waals surface area contributed by atoms with Gasteiger partial charge in [0.15, 0.2) is 0 Å². The van der Waals surface area contributed by atoms with Crippen molar-refractivity contribution in [3.8, 4) is 22.6 Å². The predicted octanol–water partition coefficient (Wildman–Crippen LogP) is 6.53. The first-order chi connectivity index (χ1) is 14.6. The number of nitrogens with zero attached hydrogens (tertiary/aromatic N) is 2. The van der Waals surface area contributed by atoms with E-state index in [9.17, 15) is 0 Å². The summed E-state index contributed by atoms with van der Waals surface area (Å²) in [5.74, 6) is 1.49. The monoisotopic (exact) mass is 506 g/mol. The lowest BCUT2D eigenvalue weighted by molar-refractivity contribution is 0.398. The van der Waals surface area contributed by atoms with Gasteiger partial charge in [0.2, 0.25) is 0 Å². The zero-order valence-corrected chi connectivity index (χ0v) is 19.0. The topological polar surface area (TPSA) is 44.2 Å². The van der Waals surface area contributed by atoms with Crippen LogP contribution >= 0.6 is 22.6 Å². The molecule has 0 aliphatic heterocycles. The van der Waals surface area contributed by atoms with Crippen molar-refractivity contribution in [3.05, 3.63) is 69.8 Å². The van der Waals surface area contributed by atoms with Crippen molar-refractivity contribution in [2.45, 2.75) is 6.92 Å². The molecule has 0 fully saturated rings. The molecule has 0 unspecified atom stereocenters. The van der Waals surface area contributed by atoms with Crippen molar-refractivity contribution in [2.75, 3.05) is 14.2 Å². The molecule has 0 saturated carbocycles. The SMILES string of the molecule is COc1cc(OC)c2c(-c3ccccc3C)c(I)c3nc4ccccc4nc3c2c1. The van der Waals surface area contributed by atoms with Crippen LogP contribution in [0, 0.1) is 10.5 Å². The molecule has 4 nitrogen and oxygen atoms in total. The van der Waals surface area contributed by atoms with Crippen LogP contribution in [0.5, 0.6) is 11.5 Å². The Balaban J connectivity index is 2.07. The Morgan fingerprint density at radius 2 is 1.47 bits per heavy atom. The highest BCUT2D eigenvalue weighted by Gasteiger charge is 2.22. The molecule has 0 amide bonds. The van der Waals surface area contributed by atoms with Crippen LogP contribution in [0.3, 0.4) is 0 Å². The maximum atomic E-state index is 5.83. The van der Waals surface area contributed by atoms with Gasteiger partial charge in [0.25, 0.3) is 0 Å². The number of para-hydroxylation sites is 2. The summed E-state index contributed by atoms with van der Waals surface area (Å²) in [6, 6.07) is 20.3. The van der Waals surface area contributed by atoms with Crippen LogP contribution in [0.1, 0.15) is 5.56 Å². The van der Waals surface area contributed by atoms with Gasteiger partial charge in [-0.25, -0.2) is 9.97 Å². The van der Waals surface area contributed by atoms with Crippen LogP contribution in [-0.4, -0.2) is 24.2 Å². The van der Waals surface area contributed by atoms with Crippen LogP contribution < -0.4 is 9.47 Å². The molecule has 30 heavy (non-hydrogen) atoms. The molecule has 0 bridgehead atoms. The van der Waals surface area contributed by atoms with Crippen molar-refractivity contribution in [1.29, 1.82) is 0 Å². The Morgan fingerprint density at radius 1 is 0.800 bits per heavy atom. The smallest absolute Gasteiger partial charge is 0.131 e. The third-order valence-electron chi connectivity index (χ3n) is 5.45. The molecule has 1 heterocycles. The number of aromatic nitrogens is 2. The minimum absolute atomic E-state index is 0.729. The zero-order chi connectivity index (χ0) is 20.8. The quantitative estimate of drug-likeness (QED) is 0.159. The summed E-state index contributed by atoms with van der Waals surface area (Å²) in [6.45, 7) is 2.13. The molecule has 0 aliphatic rings. The van der Waals surface area contributed by atoms with Gasteiger partial charge in [0.05, 0.1) is 30.8 Å². The molecule has 0 radical (unpaired) electrons. The first-order valence-corrected chi connectivity index (χ1v) is 10.7. The number of hydrogen-bond donors (Lipinski definition) is 0. The first kappa shape index (κ1) is 19.1. The summed E-state index contributed by atoms with van der Waals surface area (Å²) in [5, 5.41) is 1.99. The number of ether oxygens (including phenoxy) is 2. The molecule has 0 atom stereocenters. The number of methoxy groups -OCH3 is 2. The van der Waals surface area contributed by atoms with Crippen LogP contribution in [-0.2, 0) is 0 Å². The number of benzene rings is 4. The predicted molar refractivity (Wildman–Crippen MR) is 131 cm³/mol. The second-order valence-corrected chi connectivity index (χ2v) is 8.24. The highest BCUT2D eigenvalue weighted by molar-refractivity contribution is 14.1. The Labute approximate surface area is 188 Å². The maximum Gasteiger partial charge on any atom is 0.131 e. The average Bonchev–Trinajstić information content (AvgIpc) is 2.78. The lowest BCUT2D eigenvalue weighted by atomic mass is 9.93. The molecule has 0 N–H and O–H groups in total. The Morgan fingerprint density at radius 3 is 2.13 bits per heavy atom. The van der Waals surface area contributed by atoms with Crippen LogP contribution in [0.2, 0.25) is 0 Å². The highest BCUT2D eigenvalue weighted by atomic mass is 127. The van der Waals surface area contributed by atoms with E-state index >= 15 is 0 Å². The Hall–Kier alpha value is -2.93. The van der Waals surface area contributed by atoms with E-state index in [0.717, 1.165) is 59.0 Å². The summed E-state index contributed by atoms with van der Waals surface area (Å²) in [4.78, 5) is 10.00. The third kappa shape index (κ3) is 2.88. The van der Waals surface area contributed by atoms with Gasteiger partial charge in [-0.05, 0) is 58.8 Å². The molecular weight excluding hydrogens is 487 g/mol. The van der Waals surface area contributed by atoms with Gasteiger partial charge in [0, 0.05) is 26.0 Å². The maximum absolute atomic E-state index is 5.83. The van der Waals surface area contributed by atoms with Crippen LogP contribution in [0.25, 0.3) is 44.0 Å². The number of rotatable bonds is 3. The summed E-state index contributed by atoms with van der Waals surface area (Å²) in [5.41, 5.74) is 6.95. The molecule has 0 spiro atoms. The van der Waals surface area contributed by atoms with Gasteiger partial charge < -0.3 is 9.47 Å². The second kappa shape index (κ2) is 7.40. The van der Waals surface area contributed by atoms with Gasteiger partial charge in [-0.15, -0.1) is 0 Å². The van der Waals surface area contributed by atoms with Crippen molar-refractivity contribution >= 4 is 55.4 Å². The van der Waals surface area contributed by atoms with Crippen molar-refractivity contribution in [3.63, 3.8) is 0 Å². The average molecular weight is 506 g/mol. The minimum Gasteiger partial charge on any atom is -0.497 e. The fourth-order valence-electron chi connectivity index (χ4n) is 3.99. The zero-order valence-electron chi connectivity index (χ0n) is 16.9. The lowest BCUT2D eigenvalue weighted by Gasteiger charge is -2.18. The number of aryl methyl sites for hydroxylation is 1. The van der Waals surface area contributed by atoms with Gasteiger partial charge in [-0.2, -0.15) is 0 Å². The number of hydrogen-bond acceptors (Lipinski definition) is 4. The summed E-state index contributed by atoms with van der Waals surface area (Å²) >= 11 is 2.40.